The van der Waals surface area contributed by atoms with Gasteiger partial charge in [-0.2, -0.15) is 0 Å². The smallest absolute Gasteiger partial charge is 0.0837 e. The molecule has 1 saturated carbocycles. The van der Waals surface area contributed by atoms with Crippen LogP contribution in [0.5, 0.6) is 0 Å². The van der Waals surface area contributed by atoms with Gasteiger partial charge in [0.15, 0.2) is 0 Å². The van der Waals surface area contributed by atoms with E-state index in [1.54, 1.807) is 11.1 Å². The molecule has 0 amide bonds. The first-order valence-corrected chi connectivity index (χ1v) is 8.69. The second-order valence-corrected chi connectivity index (χ2v) is 6.71. The van der Waals surface area contributed by atoms with Crippen molar-refractivity contribution in [3.63, 3.8) is 0 Å². The molecule has 1 unspecified atom stereocenters. The lowest BCUT2D eigenvalue weighted by Crippen LogP contribution is -2.51. The fourth-order valence-electron chi connectivity index (χ4n) is 4.39. The van der Waals surface area contributed by atoms with Gasteiger partial charge in [0, 0.05) is 12.6 Å². The highest BCUT2D eigenvalue weighted by molar-refractivity contribution is 5.35. The van der Waals surface area contributed by atoms with Crippen LogP contribution >= 0.6 is 0 Å². The molecule has 0 heterocycles. The van der Waals surface area contributed by atoms with Crippen molar-refractivity contribution in [2.24, 2.45) is 0 Å². The van der Waals surface area contributed by atoms with Crippen molar-refractivity contribution in [1.82, 2.24) is 5.32 Å². The predicted molar refractivity (Wildman–Crippen MR) is 87.8 cm³/mol. The van der Waals surface area contributed by atoms with Crippen molar-refractivity contribution in [1.29, 1.82) is 0 Å². The van der Waals surface area contributed by atoms with Gasteiger partial charge in [0.25, 0.3) is 0 Å². The Bertz CT molecular complexity index is 476. The average Bonchev–Trinajstić information content (AvgIpc) is 3.14. The molecule has 2 aliphatic carbocycles. The van der Waals surface area contributed by atoms with Gasteiger partial charge in [-0.3, -0.25) is 0 Å². The number of ether oxygens (including phenoxy) is 1. The molecule has 1 aromatic rings. The van der Waals surface area contributed by atoms with Gasteiger partial charge in [-0.15, -0.1) is 0 Å². The maximum absolute atomic E-state index is 6.25. The van der Waals surface area contributed by atoms with Crippen LogP contribution in [0.3, 0.4) is 0 Å². The first-order valence-electron chi connectivity index (χ1n) is 8.69. The lowest BCUT2D eigenvalue weighted by molar-refractivity contribution is -0.0597. The number of aryl methyl sites for hydroxylation is 2. The van der Waals surface area contributed by atoms with Crippen LogP contribution in [0, 0.1) is 0 Å². The van der Waals surface area contributed by atoms with Crippen LogP contribution in [0.4, 0.5) is 0 Å². The summed E-state index contributed by atoms with van der Waals surface area (Å²) in [6.45, 7) is 2.95. The van der Waals surface area contributed by atoms with Crippen LogP contribution in [-0.4, -0.2) is 25.3 Å². The van der Waals surface area contributed by atoms with Crippen LogP contribution in [-0.2, 0) is 24.0 Å². The van der Waals surface area contributed by atoms with Crippen LogP contribution in [0.2, 0.25) is 0 Å². The van der Waals surface area contributed by atoms with Crippen molar-refractivity contribution in [3.8, 4) is 0 Å². The van der Waals surface area contributed by atoms with Gasteiger partial charge in [-0.1, -0.05) is 31.0 Å². The zero-order chi connectivity index (χ0) is 14.7. The van der Waals surface area contributed by atoms with E-state index in [0.29, 0.717) is 6.04 Å². The maximum Gasteiger partial charge on any atom is 0.0837 e. The third-order valence-corrected chi connectivity index (χ3v) is 5.47. The van der Waals surface area contributed by atoms with E-state index in [2.05, 4.69) is 37.5 Å². The molecule has 2 nitrogen and oxygen atoms in total. The molecule has 0 spiro atoms. The second-order valence-electron chi connectivity index (χ2n) is 6.71. The quantitative estimate of drug-likeness (QED) is 0.862. The third kappa shape index (κ3) is 3.02. The fraction of sp³-hybridized carbons (Fsp3) is 0.684. The zero-order valence-electron chi connectivity index (χ0n) is 13.6. The van der Waals surface area contributed by atoms with E-state index >= 15 is 0 Å². The molecule has 116 valence electrons. The first-order chi connectivity index (χ1) is 10.3. The molecule has 0 radical (unpaired) electrons. The Kier molecular flexibility index (Phi) is 4.66. The topological polar surface area (TPSA) is 21.3 Å². The number of benzene rings is 1. The number of rotatable bonds is 6. The highest BCUT2D eigenvalue weighted by Gasteiger charge is 2.41. The zero-order valence-corrected chi connectivity index (χ0v) is 13.6. The van der Waals surface area contributed by atoms with Crippen molar-refractivity contribution in [2.45, 2.75) is 69.9 Å². The number of nitrogens with one attached hydrogen (secondary N) is 1. The third-order valence-electron chi connectivity index (χ3n) is 5.47. The molecule has 2 aliphatic rings. The van der Waals surface area contributed by atoms with Crippen LogP contribution in [0.15, 0.2) is 18.2 Å². The average molecular weight is 287 g/mol. The van der Waals surface area contributed by atoms with E-state index in [1.807, 2.05) is 0 Å². The van der Waals surface area contributed by atoms with Gasteiger partial charge >= 0.3 is 0 Å². The van der Waals surface area contributed by atoms with Crippen molar-refractivity contribution < 1.29 is 4.74 Å². The molecule has 0 bridgehead atoms. The largest absolute Gasteiger partial charge is 0.374 e. The van der Waals surface area contributed by atoms with Crippen molar-refractivity contribution in [3.05, 3.63) is 34.9 Å². The van der Waals surface area contributed by atoms with E-state index in [0.717, 1.165) is 13.0 Å². The molecule has 0 saturated heterocycles. The van der Waals surface area contributed by atoms with Crippen LogP contribution < -0.4 is 5.32 Å². The normalized spacial score (nSPS) is 21.4. The lowest BCUT2D eigenvalue weighted by Gasteiger charge is -2.37. The number of fused-ring (bicyclic) bond motifs is 1. The Balaban J connectivity index is 1.77. The molecule has 2 heteroatoms. The molecule has 3 rings (SSSR count). The maximum atomic E-state index is 6.25. The summed E-state index contributed by atoms with van der Waals surface area (Å²) in [5.41, 5.74) is 4.68. The summed E-state index contributed by atoms with van der Waals surface area (Å²) in [6.07, 6.45) is 9.98. The van der Waals surface area contributed by atoms with Gasteiger partial charge < -0.3 is 10.1 Å². The molecule has 1 aromatic carbocycles. The highest BCUT2D eigenvalue weighted by Crippen LogP contribution is 2.37. The first kappa shape index (κ1) is 15.1. The molecule has 1 fully saturated rings. The van der Waals surface area contributed by atoms with E-state index in [-0.39, 0.29) is 5.60 Å². The molecule has 1 N–H and O–H groups in total. The summed E-state index contributed by atoms with van der Waals surface area (Å²) in [7, 11) is 2.09. The number of hydrogen-bond donors (Lipinski definition) is 1. The molecule has 1 atom stereocenters. The molecule has 21 heavy (non-hydrogen) atoms. The minimum absolute atomic E-state index is 0.0580. The summed E-state index contributed by atoms with van der Waals surface area (Å²) in [5.74, 6) is 0. The number of likely N-dealkylation sites (N-methyl/N-ethyl adjacent to an activating group) is 1. The van der Waals surface area contributed by atoms with E-state index in [1.165, 1.54) is 50.5 Å². The minimum Gasteiger partial charge on any atom is -0.374 e. The van der Waals surface area contributed by atoms with E-state index < -0.39 is 0 Å². The van der Waals surface area contributed by atoms with Gasteiger partial charge in [-0.25, -0.2) is 0 Å². The summed E-state index contributed by atoms with van der Waals surface area (Å²) in [6, 6.07) is 7.57. The monoisotopic (exact) mass is 287 g/mol. The summed E-state index contributed by atoms with van der Waals surface area (Å²) in [5, 5.41) is 3.56. The van der Waals surface area contributed by atoms with E-state index in [4.69, 9.17) is 4.74 Å². The second kappa shape index (κ2) is 6.50. The lowest BCUT2D eigenvalue weighted by atomic mass is 9.86. The van der Waals surface area contributed by atoms with Crippen molar-refractivity contribution in [2.75, 3.05) is 13.7 Å². The predicted octanol–water partition coefficient (Wildman–Crippen LogP) is 3.66. The molecular formula is C19H29NO. The van der Waals surface area contributed by atoms with Gasteiger partial charge in [0.2, 0.25) is 0 Å². The molecular weight excluding hydrogens is 258 g/mol. The molecule has 0 aliphatic heterocycles. The Morgan fingerprint density at radius 3 is 2.62 bits per heavy atom. The van der Waals surface area contributed by atoms with Crippen molar-refractivity contribution >= 4 is 0 Å². The SMILES string of the molecule is CCOC1(C(Cc2ccc3c(c2)CCC3)NC)CCCC1. The Hall–Kier alpha value is -0.860. The van der Waals surface area contributed by atoms with Crippen LogP contribution in [0.1, 0.15) is 55.7 Å². The summed E-state index contributed by atoms with van der Waals surface area (Å²) in [4.78, 5) is 0. The van der Waals surface area contributed by atoms with E-state index in [9.17, 15) is 0 Å². The number of hydrogen-bond acceptors (Lipinski definition) is 2. The highest BCUT2D eigenvalue weighted by atomic mass is 16.5. The Morgan fingerprint density at radius 2 is 1.90 bits per heavy atom. The fourth-order valence-corrected chi connectivity index (χ4v) is 4.39. The summed E-state index contributed by atoms with van der Waals surface area (Å²) < 4.78 is 6.25. The molecule has 0 aromatic heterocycles. The minimum atomic E-state index is 0.0580. The standard InChI is InChI=1S/C19H29NO/c1-3-21-19(11-4-5-12-19)18(20-2)14-15-9-10-16-7-6-8-17(16)13-15/h9-10,13,18,20H,3-8,11-12,14H2,1-2H3. The summed E-state index contributed by atoms with van der Waals surface area (Å²) >= 11 is 0. The Labute approximate surface area is 129 Å². The van der Waals surface area contributed by atoms with Gasteiger partial charge in [0.1, 0.15) is 0 Å². The van der Waals surface area contributed by atoms with Gasteiger partial charge in [0.05, 0.1) is 5.60 Å². The van der Waals surface area contributed by atoms with Gasteiger partial charge in [-0.05, 0) is 69.2 Å². The Morgan fingerprint density at radius 1 is 1.14 bits per heavy atom. The van der Waals surface area contributed by atoms with Crippen LogP contribution in [0.25, 0.3) is 0 Å².